The molecule has 0 rings (SSSR count). The van der Waals surface area contributed by atoms with E-state index in [1.807, 2.05) is 11.8 Å². The molecule has 0 bridgehead atoms. The van der Waals surface area contributed by atoms with Gasteiger partial charge < -0.3 is 10.4 Å². The molecular weight excluding hydrogens is 182 g/mol. The molecule has 2 nitrogen and oxygen atoms in total. The summed E-state index contributed by atoms with van der Waals surface area (Å²) in [5.74, 6) is 1.07. The highest BCUT2D eigenvalue weighted by Gasteiger charge is 2.13. The summed E-state index contributed by atoms with van der Waals surface area (Å²) >= 11 is 1.95. The van der Waals surface area contributed by atoms with Gasteiger partial charge in [-0.25, -0.2) is 0 Å². The number of nitrogens with one attached hydrogen (secondary N) is 1. The topological polar surface area (TPSA) is 32.3 Å². The molecule has 13 heavy (non-hydrogen) atoms. The summed E-state index contributed by atoms with van der Waals surface area (Å²) in [5.41, 5.74) is 0. The van der Waals surface area contributed by atoms with E-state index in [2.05, 4.69) is 26.1 Å². The fourth-order valence-corrected chi connectivity index (χ4v) is 2.54. The average molecular weight is 205 g/mol. The van der Waals surface area contributed by atoms with Crippen molar-refractivity contribution in [2.24, 2.45) is 0 Å². The Morgan fingerprint density at radius 2 is 2.08 bits per heavy atom. The van der Waals surface area contributed by atoms with Crippen LogP contribution in [0.2, 0.25) is 0 Å². The summed E-state index contributed by atoms with van der Waals surface area (Å²) in [4.78, 5) is 0. The molecule has 2 atom stereocenters. The summed E-state index contributed by atoms with van der Waals surface area (Å²) < 4.78 is 0. The monoisotopic (exact) mass is 205 g/mol. The maximum Gasteiger partial charge on any atom is 0.0438 e. The Kier molecular flexibility index (Phi) is 9.03. The van der Waals surface area contributed by atoms with Gasteiger partial charge in [0.15, 0.2) is 0 Å². The number of thioether (sulfide) groups is 1. The fourth-order valence-electron chi connectivity index (χ4n) is 1.35. The lowest BCUT2D eigenvalue weighted by molar-refractivity contribution is 0.296. The van der Waals surface area contributed by atoms with E-state index in [9.17, 15) is 0 Å². The number of aliphatic hydroxyl groups excluding tert-OH is 1. The van der Waals surface area contributed by atoms with Crippen LogP contribution in [-0.2, 0) is 0 Å². The van der Waals surface area contributed by atoms with Gasteiger partial charge in [0.25, 0.3) is 0 Å². The lowest BCUT2D eigenvalue weighted by Gasteiger charge is -2.22. The number of hydrogen-bond donors (Lipinski definition) is 2. The van der Waals surface area contributed by atoms with E-state index in [4.69, 9.17) is 5.11 Å². The number of hydrogen-bond acceptors (Lipinski definition) is 3. The molecule has 0 spiro atoms. The Bertz CT molecular complexity index is 111. The fraction of sp³-hybridized carbons (Fsp3) is 1.00. The molecule has 0 aromatic carbocycles. The largest absolute Gasteiger partial charge is 0.396 e. The van der Waals surface area contributed by atoms with Crippen LogP contribution in [0.5, 0.6) is 0 Å². The molecule has 0 aliphatic rings. The third-order valence-corrected chi connectivity index (χ3v) is 3.53. The molecule has 2 N–H and O–H groups in total. The minimum Gasteiger partial charge on any atom is -0.396 e. The Hall–Kier alpha value is 0.270. The van der Waals surface area contributed by atoms with E-state index in [1.54, 1.807) is 0 Å². The van der Waals surface area contributed by atoms with Crippen LogP contribution in [0, 0.1) is 0 Å². The second-order valence-corrected chi connectivity index (χ2v) is 4.71. The second-order valence-electron chi connectivity index (χ2n) is 3.23. The SMILES string of the molecule is CCNC(CC)C(C)SCCCO. The number of rotatable bonds is 8. The summed E-state index contributed by atoms with van der Waals surface area (Å²) in [6.07, 6.45) is 2.10. The minimum absolute atomic E-state index is 0.317. The molecule has 0 radical (unpaired) electrons. The van der Waals surface area contributed by atoms with Gasteiger partial charge in [-0.3, -0.25) is 0 Å². The molecule has 0 aromatic rings. The normalized spacial score (nSPS) is 15.7. The van der Waals surface area contributed by atoms with Gasteiger partial charge in [0.05, 0.1) is 0 Å². The van der Waals surface area contributed by atoms with Gasteiger partial charge in [0.2, 0.25) is 0 Å². The van der Waals surface area contributed by atoms with E-state index in [0.717, 1.165) is 18.7 Å². The van der Waals surface area contributed by atoms with Crippen LogP contribution in [0.4, 0.5) is 0 Å². The van der Waals surface area contributed by atoms with E-state index in [0.29, 0.717) is 17.9 Å². The van der Waals surface area contributed by atoms with Crippen molar-refractivity contribution in [3.05, 3.63) is 0 Å². The van der Waals surface area contributed by atoms with E-state index >= 15 is 0 Å². The molecule has 0 saturated carbocycles. The lowest BCUT2D eigenvalue weighted by Crippen LogP contribution is -2.36. The molecule has 0 aliphatic carbocycles. The average Bonchev–Trinajstić information content (AvgIpc) is 2.14. The first-order valence-corrected chi connectivity index (χ1v) is 6.26. The van der Waals surface area contributed by atoms with Crippen molar-refractivity contribution in [1.82, 2.24) is 5.32 Å². The number of aliphatic hydroxyl groups is 1. The Balaban J connectivity index is 3.57. The van der Waals surface area contributed by atoms with Crippen LogP contribution in [0.3, 0.4) is 0 Å². The standard InChI is InChI=1S/C10H23NOS/c1-4-10(11-5-2)9(3)13-8-6-7-12/h9-12H,4-8H2,1-3H3. The van der Waals surface area contributed by atoms with Crippen LogP contribution in [0.25, 0.3) is 0 Å². The molecule has 80 valence electrons. The summed E-state index contributed by atoms with van der Waals surface area (Å²) in [5, 5.41) is 12.8. The molecule has 3 heteroatoms. The zero-order chi connectivity index (χ0) is 10.1. The quantitative estimate of drug-likeness (QED) is 0.593. The molecule has 2 unspecified atom stereocenters. The molecule has 0 fully saturated rings. The first-order chi connectivity index (χ1) is 6.26. The highest BCUT2D eigenvalue weighted by molar-refractivity contribution is 7.99. The van der Waals surface area contributed by atoms with E-state index in [1.165, 1.54) is 6.42 Å². The van der Waals surface area contributed by atoms with Crippen molar-refractivity contribution in [2.75, 3.05) is 18.9 Å². The maximum absolute atomic E-state index is 8.65. The zero-order valence-electron chi connectivity index (χ0n) is 9.05. The summed E-state index contributed by atoms with van der Waals surface area (Å²) in [6.45, 7) is 7.99. The van der Waals surface area contributed by atoms with Gasteiger partial charge in [-0.05, 0) is 25.1 Å². The smallest absolute Gasteiger partial charge is 0.0438 e. The third-order valence-electron chi connectivity index (χ3n) is 2.16. The van der Waals surface area contributed by atoms with Crippen molar-refractivity contribution in [3.63, 3.8) is 0 Å². The Morgan fingerprint density at radius 1 is 1.38 bits per heavy atom. The molecule has 0 saturated heterocycles. The second kappa shape index (κ2) is 8.85. The predicted octanol–water partition coefficient (Wildman–Crippen LogP) is 1.88. The molecule has 0 amide bonds. The molecular formula is C10H23NOS. The van der Waals surface area contributed by atoms with Crippen molar-refractivity contribution in [3.8, 4) is 0 Å². The van der Waals surface area contributed by atoms with E-state index < -0.39 is 0 Å². The van der Waals surface area contributed by atoms with Gasteiger partial charge >= 0.3 is 0 Å². The molecule has 0 heterocycles. The van der Waals surface area contributed by atoms with Crippen LogP contribution in [-0.4, -0.2) is 35.3 Å². The third kappa shape index (κ3) is 6.36. The van der Waals surface area contributed by atoms with Crippen molar-refractivity contribution in [1.29, 1.82) is 0 Å². The summed E-state index contributed by atoms with van der Waals surface area (Å²) in [7, 11) is 0. The Morgan fingerprint density at radius 3 is 2.54 bits per heavy atom. The molecule has 0 aliphatic heterocycles. The molecule has 0 aromatic heterocycles. The first kappa shape index (κ1) is 13.3. The van der Waals surface area contributed by atoms with Crippen molar-refractivity contribution in [2.45, 2.75) is 44.9 Å². The highest BCUT2D eigenvalue weighted by Crippen LogP contribution is 2.17. The van der Waals surface area contributed by atoms with Gasteiger partial charge in [0, 0.05) is 17.9 Å². The van der Waals surface area contributed by atoms with Crippen molar-refractivity contribution >= 4 is 11.8 Å². The Labute approximate surface area is 86.5 Å². The predicted molar refractivity (Wildman–Crippen MR) is 61.4 cm³/mol. The van der Waals surface area contributed by atoms with Crippen LogP contribution in [0.1, 0.15) is 33.6 Å². The van der Waals surface area contributed by atoms with Gasteiger partial charge in [-0.1, -0.05) is 20.8 Å². The lowest BCUT2D eigenvalue weighted by atomic mass is 10.2. The maximum atomic E-state index is 8.65. The summed E-state index contributed by atoms with van der Waals surface area (Å²) in [6, 6.07) is 0.619. The van der Waals surface area contributed by atoms with Crippen LogP contribution >= 0.6 is 11.8 Å². The van der Waals surface area contributed by atoms with E-state index in [-0.39, 0.29) is 0 Å². The van der Waals surface area contributed by atoms with Crippen LogP contribution in [0.15, 0.2) is 0 Å². The van der Waals surface area contributed by atoms with Gasteiger partial charge in [0.1, 0.15) is 0 Å². The van der Waals surface area contributed by atoms with Gasteiger partial charge in [-0.15, -0.1) is 0 Å². The zero-order valence-corrected chi connectivity index (χ0v) is 9.86. The highest BCUT2D eigenvalue weighted by atomic mass is 32.2. The van der Waals surface area contributed by atoms with Crippen LogP contribution < -0.4 is 5.32 Å². The van der Waals surface area contributed by atoms with Gasteiger partial charge in [-0.2, -0.15) is 11.8 Å². The minimum atomic E-state index is 0.317. The van der Waals surface area contributed by atoms with Crippen molar-refractivity contribution < 1.29 is 5.11 Å². The first-order valence-electron chi connectivity index (χ1n) is 5.22.